The molecule has 0 saturated carbocycles. The van der Waals surface area contributed by atoms with Crippen molar-refractivity contribution in [3.05, 3.63) is 40.4 Å². The Morgan fingerprint density at radius 1 is 1.32 bits per heavy atom. The van der Waals surface area contributed by atoms with Crippen molar-refractivity contribution in [2.24, 2.45) is 0 Å². The molecule has 19 heavy (non-hydrogen) atoms. The Labute approximate surface area is 110 Å². The molecule has 2 aromatic rings. The van der Waals surface area contributed by atoms with Crippen LogP contribution in [0.25, 0.3) is 10.9 Å². The van der Waals surface area contributed by atoms with Crippen LogP contribution in [-0.4, -0.2) is 29.0 Å². The molecule has 6 heteroatoms. The van der Waals surface area contributed by atoms with Crippen molar-refractivity contribution in [1.29, 1.82) is 0 Å². The lowest BCUT2D eigenvalue weighted by molar-refractivity contribution is -0.118. The van der Waals surface area contributed by atoms with Gasteiger partial charge < -0.3 is 15.6 Å². The molecule has 1 heterocycles. The molecule has 0 radical (unpaired) electrons. The van der Waals surface area contributed by atoms with Gasteiger partial charge >= 0.3 is 0 Å². The van der Waals surface area contributed by atoms with Gasteiger partial charge in [-0.25, -0.2) is 4.98 Å². The van der Waals surface area contributed by atoms with Gasteiger partial charge in [-0.3, -0.25) is 9.59 Å². The standard InChI is InChI=1S/C13H16N4O2/c1-9(18)15-7-6-14-8-12-16-11-5-3-2-4-10(11)13(19)17-12/h2-5,14H,6-8H2,1H3,(H,15,18)(H,16,17,19). The van der Waals surface area contributed by atoms with Gasteiger partial charge in [-0.15, -0.1) is 0 Å². The van der Waals surface area contributed by atoms with Crippen molar-refractivity contribution >= 4 is 16.8 Å². The van der Waals surface area contributed by atoms with Gasteiger partial charge in [-0.05, 0) is 12.1 Å². The van der Waals surface area contributed by atoms with Crippen LogP contribution < -0.4 is 16.2 Å². The number of rotatable bonds is 5. The van der Waals surface area contributed by atoms with Gasteiger partial charge in [0.25, 0.3) is 5.56 Å². The van der Waals surface area contributed by atoms with E-state index in [1.807, 2.05) is 18.2 Å². The maximum absolute atomic E-state index is 11.8. The Morgan fingerprint density at radius 2 is 2.11 bits per heavy atom. The molecular formula is C13H16N4O2. The molecule has 0 aliphatic heterocycles. The zero-order valence-electron chi connectivity index (χ0n) is 10.7. The molecule has 0 fully saturated rings. The SMILES string of the molecule is CC(=O)NCCNCc1nc2ccccc2c(=O)[nH]1. The minimum absolute atomic E-state index is 0.0564. The van der Waals surface area contributed by atoms with Crippen LogP contribution >= 0.6 is 0 Å². The number of hydrogen-bond donors (Lipinski definition) is 3. The molecule has 100 valence electrons. The minimum Gasteiger partial charge on any atom is -0.355 e. The lowest BCUT2D eigenvalue weighted by Gasteiger charge is -2.05. The number of hydrogen-bond acceptors (Lipinski definition) is 4. The molecule has 0 bridgehead atoms. The maximum Gasteiger partial charge on any atom is 0.258 e. The number of amides is 1. The van der Waals surface area contributed by atoms with E-state index in [2.05, 4.69) is 20.6 Å². The molecule has 0 spiro atoms. The third-order valence-electron chi connectivity index (χ3n) is 2.63. The fourth-order valence-corrected chi connectivity index (χ4v) is 1.75. The van der Waals surface area contributed by atoms with Gasteiger partial charge in [0.1, 0.15) is 5.82 Å². The first-order chi connectivity index (χ1) is 9.16. The lowest BCUT2D eigenvalue weighted by Crippen LogP contribution is -2.30. The summed E-state index contributed by atoms with van der Waals surface area (Å²) in [6.45, 7) is 3.10. The van der Waals surface area contributed by atoms with Crippen molar-refractivity contribution in [2.75, 3.05) is 13.1 Å². The number of aromatic amines is 1. The molecule has 2 rings (SSSR count). The molecule has 0 saturated heterocycles. The zero-order chi connectivity index (χ0) is 13.7. The van der Waals surface area contributed by atoms with Gasteiger partial charge in [0.2, 0.25) is 5.91 Å². The van der Waals surface area contributed by atoms with Crippen molar-refractivity contribution in [1.82, 2.24) is 20.6 Å². The number of H-pyrrole nitrogens is 1. The Bertz CT molecular complexity index is 636. The van der Waals surface area contributed by atoms with Crippen molar-refractivity contribution in [2.45, 2.75) is 13.5 Å². The molecule has 0 unspecified atom stereocenters. The predicted octanol–water partition coefficient (Wildman–Crippen LogP) is 0.149. The van der Waals surface area contributed by atoms with Gasteiger partial charge in [0.05, 0.1) is 17.4 Å². The fraction of sp³-hybridized carbons (Fsp3) is 0.308. The first kappa shape index (κ1) is 13.2. The third kappa shape index (κ3) is 3.62. The second kappa shape index (κ2) is 6.10. The van der Waals surface area contributed by atoms with Crippen molar-refractivity contribution < 1.29 is 4.79 Å². The number of nitrogens with zero attached hydrogens (tertiary/aromatic N) is 1. The molecule has 1 aromatic carbocycles. The van der Waals surface area contributed by atoms with Crippen LogP contribution in [0.4, 0.5) is 0 Å². The molecule has 3 N–H and O–H groups in total. The number of carbonyl (C=O) groups is 1. The van der Waals surface area contributed by atoms with Crippen LogP contribution in [-0.2, 0) is 11.3 Å². The average molecular weight is 260 g/mol. The topological polar surface area (TPSA) is 86.9 Å². The van der Waals surface area contributed by atoms with Crippen LogP contribution in [0.15, 0.2) is 29.1 Å². The highest BCUT2D eigenvalue weighted by Gasteiger charge is 2.02. The van der Waals surface area contributed by atoms with Gasteiger partial charge in [0, 0.05) is 20.0 Å². The summed E-state index contributed by atoms with van der Waals surface area (Å²) in [7, 11) is 0. The molecule has 0 aliphatic carbocycles. The summed E-state index contributed by atoms with van der Waals surface area (Å²) in [5.74, 6) is 0.533. The fourth-order valence-electron chi connectivity index (χ4n) is 1.75. The normalized spacial score (nSPS) is 10.6. The van der Waals surface area contributed by atoms with Crippen LogP contribution in [0.5, 0.6) is 0 Å². The summed E-state index contributed by atoms with van der Waals surface area (Å²) in [6, 6.07) is 7.22. The van der Waals surface area contributed by atoms with E-state index in [1.165, 1.54) is 6.92 Å². The summed E-state index contributed by atoms with van der Waals surface area (Å²) >= 11 is 0. The second-order valence-electron chi connectivity index (χ2n) is 4.19. The largest absolute Gasteiger partial charge is 0.355 e. The van der Waals surface area contributed by atoms with E-state index in [4.69, 9.17) is 0 Å². The highest BCUT2D eigenvalue weighted by molar-refractivity contribution is 5.77. The quantitative estimate of drug-likeness (QED) is 0.668. The molecule has 1 aromatic heterocycles. The van der Waals surface area contributed by atoms with Crippen molar-refractivity contribution in [3.63, 3.8) is 0 Å². The minimum atomic E-state index is -0.135. The zero-order valence-corrected chi connectivity index (χ0v) is 10.7. The van der Waals surface area contributed by atoms with Gasteiger partial charge in [0.15, 0.2) is 0 Å². The van der Waals surface area contributed by atoms with Gasteiger partial charge in [-0.2, -0.15) is 0 Å². The molecule has 0 aliphatic rings. The number of nitrogens with one attached hydrogen (secondary N) is 3. The molecule has 6 nitrogen and oxygen atoms in total. The number of carbonyl (C=O) groups excluding carboxylic acids is 1. The Morgan fingerprint density at radius 3 is 2.89 bits per heavy atom. The molecule has 1 amide bonds. The van der Waals surface area contributed by atoms with Crippen LogP contribution in [0, 0.1) is 0 Å². The number of aromatic nitrogens is 2. The van der Waals surface area contributed by atoms with Crippen molar-refractivity contribution in [3.8, 4) is 0 Å². The first-order valence-electron chi connectivity index (χ1n) is 6.10. The van der Waals surface area contributed by atoms with E-state index >= 15 is 0 Å². The Hall–Kier alpha value is -2.21. The summed E-state index contributed by atoms with van der Waals surface area (Å²) in [4.78, 5) is 29.6. The maximum atomic E-state index is 11.8. The van der Waals surface area contributed by atoms with E-state index in [0.29, 0.717) is 36.4 Å². The Kier molecular flexibility index (Phi) is 4.25. The summed E-state index contributed by atoms with van der Waals surface area (Å²) in [6.07, 6.45) is 0. The smallest absolute Gasteiger partial charge is 0.258 e. The number of para-hydroxylation sites is 1. The second-order valence-corrected chi connectivity index (χ2v) is 4.19. The van der Waals surface area contributed by atoms with E-state index in [1.54, 1.807) is 6.07 Å². The van der Waals surface area contributed by atoms with E-state index in [-0.39, 0.29) is 11.5 Å². The van der Waals surface area contributed by atoms with Crippen LogP contribution in [0.2, 0.25) is 0 Å². The van der Waals surface area contributed by atoms with Crippen LogP contribution in [0.1, 0.15) is 12.7 Å². The number of fused-ring (bicyclic) bond motifs is 1. The van der Waals surface area contributed by atoms with E-state index in [9.17, 15) is 9.59 Å². The van der Waals surface area contributed by atoms with E-state index in [0.717, 1.165) is 0 Å². The van der Waals surface area contributed by atoms with Crippen LogP contribution in [0.3, 0.4) is 0 Å². The average Bonchev–Trinajstić information content (AvgIpc) is 2.38. The summed E-state index contributed by atoms with van der Waals surface area (Å²) in [5, 5.41) is 6.37. The summed E-state index contributed by atoms with van der Waals surface area (Å²) < 4.78 is 0. The summed E-state index contributed by atoms with van der Waals surface area (Å²) in [5.41, 5.74) is 0.550. The highest BCUT2D eigenvalue weighted by atomic mass is 16.1. The molecule has 0 atom stereocenters. The third-order valence-corrected chi connectivity index (χ3v) is 2.63. The highest BCUT2D eigenvalue weighted by Crippen LogP contribution is 2.05. The van der Waals surface area contributed by atoms with Gasteiger partial charge in [-0.1, -0.05) is 12.1 Å². The van der Waals surface area contributed by atoms with E-state index < -0.39 is 0 Å². The first-order valence-corrected chi connectivity index (χ1v) is 6.10. The predicted molar refractivity (Wildman–Crippen MR) is 72.8 cm³/mol. The molecular weight excluding hydrogens is 244 g/mol. The monoisotopic (exact) mass is 260 g/mol. The Balaban J connectivity index is 1.98. The number of benzene rings is 1. The lowest BCUT2D eigenvalue weighted by atomic mass is 10.2.